The van der Waals surface area contributed by atoms with Gasteiger partial charge in [0.1, 0.15) is 0 Å². The molecule has 1 aliphatic rings. The Labute approximate surface area is 120 Å². The molecule has 0 radical (unpaired) electrons. The van der Waals surface area contributed by atoms with E-state index in [9.17, 15) is 9.90 Å². The van der Waals surface area contributed by atoms with E-state index in [2.05, 4.69) is 17.0 Å². The lowest BCUT2D eigenvalue weighted by molar-refractivity contribution is -0.145. The van der Waals surface area contributed by atoms with Crippen LogP contribution in [0, 0.1) is 5.92 Å². The molecule has 0 amide bonds. The topological polar surface area (TPSA) is 60.8 Å². The number of aliphatic hydroxyl groups is 1. The number of carboxylic acids is 1. The second kappa shape index (κ2) is 6.37. The fourth-order valence-electron chi connectivity index (χ4n) is 3.01. The summed E-state index contributed by atoms with van der Waals surface area (Å²) in [6, 6.07) is 10.2. The van der Waals surface area contributed by atoms with Crippen LogP contribution in [0.25, 0.3) is 0 Å². The van der Waals surface area contributed by atoms with Gasteiger partial charge in [0.15, 0.2) is 0 Å². The molecular formula is C16H23NO3. The second-order valence-corrected chi connectivity index (χ2v) is 5.99. The number of carbonyl (C=O) groups is 1. The van der Waals surface area contributed by atoms with Crippen molar-refractivity contribution in [3.05, 3.63) is 35.9 Å². The first kappa shape index (κ1) is 15.0. The zero-order valence-corrected chi connectivity index (χ0v) is 12.0. The lowest BCUT2D eigenvalue weighted by Gasteiger charge is -2.37. The van der Waals surface area contributed by atoms with Gasteiger partial charge in [0.05, 0.1) is 11.5 Å². The maximum Gasteiger partial charge on any atom is 0.306 e. The van der Waals surface area contributed by atoms with Crippen LogP contribution in [-0.4, -0.2) is 40.3 Å². The number of likely N-dealkylation sites (N-methyl/N-ethyl adjacent to an activating group) is 1. The molecule has 0 bridgehead atoms. The van der Waals surface area contributed by atoms with Gasteiger partial charge in [0.25, 0.3) is 0 Å². The Morgan fingerprint density at radius 3 is 2.45 bits per heavy atom. The molecule has 0 spiro atoms. The summed E-state index contributed by atoms with van der Waals surface area (Å²) in [6.07, 6.45) is 2.29. The predicted molar refractivity (Wildman–Crippen MR) is 77.3 cm³/mol. The zero-order valence-electron chi connectivity index (χ0n) is 12.0. The molecule has 4 heteroatoms. The standard InChI is InChI=1S/C16H23NO3/c1-17(11-13-5-3-2-4-6-13)12-16(20)9-7-14(8-10-16)15(18)19/h2-6,14,20H,7-12H2,1H3,(H,18,19). The highest BCUT2D eigenvalue weighted by Crippen LogP contribution is 2.32. The van der Waals surface area contributed by atoms with Gasteiger partial charge >= 0.3 is 5.97 Å². The first-order valence-electron chi connectivity index (χ1n) is 7.16. The number of rotatable bonds is 5. The van der Waals surface area contributed by atoms with Crippen molar-refractivity contribution in [1.29, 1.82) is 0 Å². The molecule has 0 unspecified atom stereocenters. The van der Waals surface area contributed by atoms with Crippen LogP contribution in [0.3, 0.4) is 0 Å². The molecule has 20 heavy (non-hydrogen) atoms. The van der Waals surface area contributed by atoms with E-state index in [0.717, 1.165) is 6.54 Å². The lowest BCUT2D eigenvalue weighted by atomic mass is 9.78. The van der Waals surface area contributed by atoms with Gasteiger partial charge in [-0.25, -0.2) is 0 Å². The lowest BCUT2D eigenvalue weighted by Crippen LogP contribution is -2.44. The highest BCUT2D eigenvalue weighted by atomic mass is 16.4. The SMILES string of the molecule is CN(Cc1ccccc1)CC1(O)CCC(C(=O)O)CC1. The minimum Gasteiger partial charge on any atom is -0.481 e. The third kappa shape index (κ3) is 4.05. The van der Waals surface area contributed by atoms with Crippen molar-refractivity contribution < 1.29 is 15.0 Å². The summed E-state index contributed by atoms with van der Waals surface area (Å²) < 4.78 is 0. The Morgan fingerprint density at radius 2 is 1.90 bits per heavy atom. The molecule has 1 saturated carbocycles. The van der Waals surface area contributed by atoms with Crippen LogP contribution in [0.15, 0.2) is 30.3 Å². The molecule has 0 aromatic heterocycles. The van der Waals surface area contributed by atoms with Crippen molar-refractivity contribution in [2.75, 3.05) is 13.6 Å². The van der Waals surface area contributed by atoms with Crippen molar-refractivity contribution in [3.63, 3.8) is 0 Å². The summed E-state index contributed by atoms with van der Waals surface area (Å²) in [5, 5.41) is 19.6. The summed E-state index contributed by atoms with van der Waals surface area (Å²) in [5.74, 6) is -1.01. The third-order valence-corrected chi connectivity index (χ3v) is 4.13. The number of aliphatic carboxylic acids is 1. The van der Waals surface area contributed by atoms with E-state index in [0.29, 0.717) is 32.2 Å². The van der Waals surface area contributed by atoms with Gasteiger partial charge in [0.2, 0.25) is 0 Å². The molecule has 2 N–H and O–H groups in total. The predicted octanol–water partition coefficient (Wildman–Crippen LogP) is 2.12. The first-order valence-corrected chi connectivity index (χ1v) is 7.16. The van der Waals surface area contributed by atoms with Gasteiger partial charge in [-0.05, 0) is 38.3 Å². The zero-order chi connectivity index (χ0) is 14.6. The highest BCUT2D eigenvalue weighted by molar-refractivity contribution is 5.70. The van der Waals surface area contributed by atoms with E-state index in [1.54, 1.807) is 0 Å². The van der Waals surface area contributed by atoms with E-state index < -0.39 is 11.6 Å². The molecule has 0 atom stereocenters. The summed E-state index contributed by atoms with van der Waals surface area (Å²) in [4.78, 5) is 13.0. The fourth-order valence-corrected chi connectivity index (χ4v) is 3.01. The van der Waals surface area contributed by atoms with Crippen LogP contribution in [-0.2, 0) is 11.3 Å². The minimum absolute atomic E-state index is 0.283. The number of carboxylic acid groups (broad SMARTS) is 1. The van der Waals surface area contributed by atoms with E-state index in [1.165, 1.54) is 5.56 Å². The molecule has 1 aromatic rings. The number of hydrogen-bond donors (Lipinski definition) is 2. The van der Waals surface area contributed by atoms with Crippen molar-refractivity contribution >= 4 is 5.97 Å². The maximum atomic E-state index is 10.9. The molecule has 0 aliphatic heterocycles. The summed E-state index contributed by atoms with van der Waals surface area (Å²) in [7, 11) is 1.99. The van der Waals surface area contributed by atoms with Gasteiger partial charge in [-0.15, -0.1) is 0 Å². The summed E-state index contributed by atoms with van der Waals surface area (Å²) >= 11 is 0. The van der Waals surface area contributed by atoms with E-state index >= 15 is 0 Å². The van der Waals surface area contributed by atoms with Crippen LogP contribution in [0.5, 0.6) is 0 Å². The fraction of sp³-hybridized carbons (Fsp3) is 0.562. The Balaban J connectivity index is 1.85. The van der Waals surface area contributed by atoms with Crippen molar-refractivity contribution in [2.45, 2.75) is 37.8 Å². The quantitative estimate of drug-likeness (QED) is 0.865. The number of nitrogens with zero attached hydrogens (tertiary/aromatic N) is 1. The summed E-state index contributed by atoms with van der Waals surface area (Å²) in [5.41, 5.74) is 0.480. The van der Waals surface area contributed by atoms with E-state index in [-0.39, 0.29) is 5.92 Å². The second-order valence-electron chi connectivity index (χ2n) is 5.99. The van der Waals surface area contributed by atoms with Gasteiger partial charge < -0.3 is 10.2 Å². The molecule has 110 valence electrons. The third-order valence-electron chi connectivity index (χ3n) is 4.13. The van der Waals surface area contributed by atoms with Crippen molar-refractivity contribution in [3.8, 4) is 0 Å². The molecule has 4 nitrogen and oxygen atoms in total. The van der Waals surface area contributed by atoms with E-state index in [4.69, 9.17) is 5.11 Å². The summed E-state index contributed by atoms with van der Waals surface area (Å²) in [6.45, 7) is 1.39. The number of hydrogen-bond acceptors (Lipinski definition) is 3. The molecule has 2 rings (SSSR count). The monoisotopic (exact) mass is 277 g/mol. The van der Waals surface area contributed by atoms with Crippen molar-refractivity contribution in [1.82, 2.24) is 4.90 Å². The molecule has 1 aliphatic carbocycles. The van der Waals surface area contributed by atoms with Gasteiger partial charge in [-0.2, -0.15) is 0 Å². The molecule has 0 saturated heterocycles. The smallest absolute Gasteiger partial charge is 0.306 e. The van der Waals surface area contributed by atoms with E-state index in [1.807, 2.05) is 25.2 Å². The average molecular weight is 277 g/mol. The Morgan fingerprint density at radius 1 is 1.30 bits per heavy atom. The van der Waals surface area contributed by atoms with Gasteiger partial charge in [-0.3, -0.25) is 9.69 Å². The van der Waals surface area contributed by atoms with Crippen LogP contribution in [0.1, 0.15) is 31.2 Å². The molecule has 1 fully saturated rings. The minimum atomic E-state index is -0.741. The average Bonchev–Trinajstić information content (AvgIpc) is 2.39. The molecule has 1 aromatic carbocycles. The van der Waals surface area contributed by atoms with Crippen LogP contribution < -0.4 is 0 Å². The van der Waals surface area contributed by atoms with Crippen LogP contribution >= 0.6 is 0 Å². The Bertz CT molecular complexity index is 438. The van der Waals surface area contributed by atoms with Gasteiger partial charge in [-0.1, -0.05) is 30.3 Å². The van der Waals surface area contributed by atoms with Crippen LogP contribution in [0.2, 0.25) is 0 Å². The number of benzene rings is 1. The van der Waals surface area contributed by atoms with Crippen molar-refractivity contribution in [2.24, 2.45) is 5.92 Å². The normalized spacial score (nSPS) is 26.6. The Kier molecular flexibility index (Phi) is 4.78. The Hall–Kier alpha value is -1.39. The highest BCUT2D eigenvalue weighted by Gasteiger charge is 2.36. The largest absolute Gasteiger partial charge is 0.481 e. The van der Waals surface area contributed by atoms with Gasteiger partial charge in [0, 0.05) is 13.1 Å². The van der Waals surface area contributed by atoms with Crippen LogP contribution in [0.4, 0.5) is 0 Å². The molecular weight excluding hydrogens is 254 g/mol. The maximum absolute atomic E-state index is 10.9. The molecule has 0 heterocycles. The first-order chi connectivity index (χ1) is 9.48.